The Morgan fingerprint density at radius 1 is 1.06 bits per heavy atom. The van der Waals surface area contributed by atoms with Gasteiger partial charge >= 0.3 is 59.2 Å². The van der Waals surface area contributed by atoms with Crippen molar-refractivity contribution in [2.45, 2.75) is 52.4 Å². The van der Waals surface area contributed by atoms with E-state index in [2.05, 4.69) is 18.4 Å². The second kappa shape index (κ2) is 11.8. The van der Waals surface area contributed by atoms with E-state index in [0.29, 0.717) is 0 Å². The molecule has 0 bridgehead atoms. The average Bonchev–Trinajstić information content (AvgIpc) is 2.07. The molecule has 0 aliphatic heterocycles. The van der Waals surface area contributed by atoms with Crippen molar-refractivity contribution in [1.82, 2.24) is 0 Å². The first-order chi connectivity index (χ1) is 6.92. The van der Waals surface area contributed by atoms with Gasteiger partial charge in [0.15, 0.2) is 0 Å². The summed E-state index contributed by atoms with van der Waals surface area (Å²) in [7, 11) is -4.24. The summed E-state index contributed by atoms with van der Waals surface area (Å²) in [4.78, 5) is 16.8. The van der Waals surface area contributed by atoms with E-state index in [9.17, 15) is 4.57 Å². The van der Waals surface area contributed by atoms with Crippen LogP contribution in [0.3, 0.4) is 0 Å². The normalized spacial score (nSPS) is 11.6. The van der Waals surface area contributed by atoms with E-state index in [1.165, 1.54) is 19.3 Å². The Labute approximate surface area is 141 Å². The van der Waals surface area contributed by atoms with Crippen molar-refractivity contribution in [1.29, 1.82) is 0 Å². The van der Waals surface area contributed by atoms with Gasteiger partial charge in [0.1, 0.15) is 0 Å². The molecule has 0 fully saturated rings. The van der Waals surface area contributed by atoms with Crippen LogP contribution in [0.2, 0.25) is 0 Å². The SMILES string of the molecule is CC(C)CCCCCCCOP(=O)(O)O.[KH]. The predicted molar refractivity (Wildman–Crippen MR) is 67.7 cm³/mol. The molecule has 16 heavy (non-hydrogen) atoms. The fraction of sp³-hybridized carbons (Fsp3) is 1.00. The summed E-state index contributed by atoms with van der Waals surface area (Å²) in [6.45, 7) is 4.59. The Balaban J connectivity index is 0. The van der Waals surface area contributed by atoms with Gasteiger partial charge in [-0.15, -0.1) is 0 Å². The summed E-state index contributed by atoms with van der Waals surface area (Å²) in [5.41, 5.74) is 0. The third-order valence-corrected chi connectivity index (χ3v) is 2.70. The van der Waals surface area contributed by atoms with Crippen LogP contribution in [-0.2, 0) is 9.09 Å². The molecule has 0 rings (SSSR count). The monoisotopic (exact) mass is 278 g/mol. The van der Waals surface area contributed by atoms with E-state index in [1.807, 2.05) is 0 Å². The predicted octanol–water partition coefficient (Wildman–Crippen LogP) is 2.44. The molecule has 0 aromatic heterocycles. The zero-order valence-corrected chi connectivity index (χ0v) is 10.6. The molecule has 4 nitrogen and oxygen atoms in total. The molecule has 0 unspecified atom stereocenters. The van der Waals surface area contributed by atoms with Gasteiger partial charge in [0.25, 0.3) is 0 Å². The van der Waals surface area contributed by atoms with E-state index in [1.54, 1.807) is 0 Å². The Hall–Kier alpha value is 1.75. The van der Waals surface area contributed by atoms with Crippen LogP contribution in [0.5, 0.6) is 0 Å². The Morgan fingerprint density at radius 3 is 2.06 bits per heavy atom. The van der Waals surface area contributed by atoms with Crippen LogP contribution in [0, 0.1) is 5.92 Å². The maximum absolute atomic E-state index is 10.3. The third-order valence-electron chi connectivity index (χ3n) is 2.19. The van der Waals surface area contributed by atoms with Gasteiger partial charge in [-0.3, -0.25) is 4.52 Å². The first-order valence-corrected chi connectivity index (χ1v) is 7.15. The molecule has 0 aliphatic rings. The molecule has 0 radical (unpaired) electrons. The molecule has 0 amide bonds. The fourth-order valence-corrected chi connectivity index (χ4v) is 1.74. The van der Waals surface area contributed by atoms with E-state index in [4.69, 9.17) is 9.79 Å². The van der Waals surface area contributed by atoms with E-state index >= 15 is 0 Å². The third kappa shape index (κ3) is 18.1. The minimum absolute atomic E-state index is 0. The van der Waals surface area contributed by atoms with Crippen LogP contribution in [0.25, 0.3) is 0 Å². The van der Waals surface area contributed by atoms with Crippen LogP contribution < -0.4 is 0 Å². The topological polar surface area (TPSA) is 66.8 Å². The van der Waals surface area contributed by atoms with Crippen molar-refractivity contribution in [3.8, 4) is 0 Å². The van der Waals surface area contributed by atoms with Crippen LogP contribution in [0.15, 0.2) is 0 Å². The van der Waals surface area contributed by atoms with Crippen LogP contribution >= 0.6 is 7.82 Å². The van der Waals surface area contributed by atoms with Gasteiger partial charge in [-0.2, -0.15) is 0 Å². The first kappa shape index (κ1) is 20.1. The van der Waals surface area contributed by atoms with Gasteiger partial charge in [0.05, 0.1) is 6.61 Å². The van der Waals surface area contributed by atoms with Crippen LogP contribution in [0.4, 0.5) is 0 Å². The van der Waals surface area contributed by atoms with Crippen molar-refractivity contribution in [2.24, 2.45) is 5.92 Å². The Kier molecular flexibility index (Phi) is 14.8. The zero-order valence-electron chi connectivity index (χ0n) is 9.69. The number of phosphoric ester groups is 1. The maximum atomic E-state index is 10.3. The van der Waals surface area contributed by atoms with Gasteiger partial charge < -0.3 is 9.79 Å². The summed E-state index contributed by atoms with van der Waals surface area (Å²) < 4.78 is 14.7. The van der Waals surface area contributed by atoms with Crippen molar-refractivity contribution >= 4 is 59.2 Å². The summed E-state index contributed by atoms with van der Waals surface area (Å²) in [5, 5.41) is 0. The molecule has 0 aliphatic carbocycles. The molecular weight excluding hydrogens is 254 g/mol. The van der Waals surface area contributed by atoms with Gasteiger partial charge in [0, 0.05) is 0 Å². The van der Waals surface area contributed by atoms with Gasteiger partial charge in [-0.1, -0.05) is 46.0 Å². The molecule has 0 aromatic rings. The first-order valence-electron chi connectivity index (χ1n) is 5.62. The molecule has 2 N–H and O–H groups in total. The average molecular weight is 278 g/mol. The summed E-state index contributed by atoms with van der Waals surface area (Å²) in [6.07, 6.45) is 6.55. The molecule has 94 valence electrons. The number of unbranched alkanes of at least 4 members (excludes halogenated alkanes) is 4. The molecule has 0 saturated heterocycles. The van der Waals surface area contributed by atoms with Gasteiger partial charge in [-0.05, 0) is 12.3 Å². The molecule has 0 saturated carbocycles. The second-order valence-corrected chi connectivity index (χ2v) is 5.51. The number of hydrogen-bond acceptors (Lipinski definition) is 2. The summed E-state index contributed by atoms with van der Waals surface area (Å²) in [6, 6.07) is 0. The molecule has 0 aromatic carbocycles. The van der Waals surface area contributed by atoms with Gasteiger partial charge in [-0.25, -0.2) is 4.57 Å². The quantitative estimate of drug-likeness (QED) is 0.386. The van der Waals surface area contributed by atoms with Crippen molar-refractivity contribution in [2.75, 3.05) is 6.61 Å². The fourth-order valence-electron chi connectivity index (χ4n) is 1.37. The second-order valence-electron chi connectivity index (χ2n) is 4.27. The summed E-state index contributed by atoms with van der Waals surface area (Å²) in [5.74, 6) is 0.767. The Morgan fingerprint density at radius 2 is 1.56 bits per heavy atom. The molecule has 0 heterocycles. The number of phosphoric acid groups is 1. The molecule has 0 atom stereocenters. The molecule has 0 spiro atoms. The van der Waals surface area contributed by atoms with Crippen molar-refractivity contribution in [3.05, 3.63) is 0 Å². The van der Waals surface area contributed by atoms with Crippen LogP contribution in [0.1, 0.15) is 52.4 Å². The van der Waals surface area contributed by atoms with E-state index in [0.717, 1.165) is 25.2 Å². The van der Waals surface area contributed by atoms with E-state index < -0.39 is 7.82 Å². The zero-order chi connectivity index (χ0) is 11.7. The number of rotatable bonds is 9. The Bertz CT molecular complexity index is 193. The van der Waals surface area contributed by atoms with E-state index in [-0.39, 0.29) is 58.0 Å². The molecular formula is C10H24KO4P. The van der Waals surface area contributed by atoms with Crippen molar-refractivity contribution < 1.29 is 18.9 Å². The van der Waals surface area contributed by atoms with Crippen LogP contribution in [-0.4, -0.2) is 67.8 Å². The standard InChI is InChI=1S/C10H23O4P.K.H/c1-10(2)8-6-4-3-5-7-9-14-15(11,12)13;;/h10H,3-9H2,1-2H3,(H2,11,12,13);;. The van der Waals surface area contributed by atoms with Gasteiger partial charge in [0.2, 0.25) is 0 Å². The number of hydrogen-bond donors (Lipinski definition) is 2. The minimum atomic E-state index is -4.24. The molecule has 6 heteroatoms. The summed E-state index contributed by atoms with van der Waals surface area (Å²) >= 11 is 0. The van der Waals surface area contributed by atoms with Crippen molar-refractivity contribution in [3.63, 3.8) is 0 Å².